The average molecular weight is 460 g/mol. The molecule has 0 aliphatic heterocycles. The molecule has 1 unspecified atom stereocenters. The van der Waals surface area contributed by atoms with Crippen LogP contribution in [0.15, 0.2) is 53.4 Å². The van der Waals surface area contributed by atoms with Gasteiger partial charge in [-0.3, -0.25) is 0 Å². The fourth-order valence-electron chi connectivity index (χ4n) is 3.65. The molecule has 30 heavy (non-hydrogen) atoms. The minimum atomic E-state index is -3.27. The van der Waals surface area contributed by atoms with Crippen LogP contribution in [-0.4, -0.2) is 50.2 Å². The molecule has 0 saturated heterocycles. The lowest BCUT2D eigenvalue weighted by Crippen LogP contribution is -2.37. The van der Waals surface area contributed by atoms with Crippen LogP contribution in [0, 0.1) is 11.2 Å². The Labute approximate surface area is 182 Å². The Balaban J connectivity index is 0.00000320. The first-order valence-electron chi connectivity index (χ1n) is 9.41. The number of nitrogens with one attached hydrogen (secondary N) is 1. The number of sulfone groups is 1. The Kier molecular flexibility index (Phi) is 8.24. The number of ether oxygens (including phenoxy) is 1. The Morgan fingerprint density at radius 3 is 2.17 bits per heavy atom. The molecule has 0 spiro atoms. The van der Waals surface area contributed by atoms with Gasteiger partial charge in [0.1, 0.15) is 11.6 Å². The predicted molar refractivity (Wildman–Crippen MR) is 114 cm³/mol. The lowest BCUT2D eigenvalue weighted by Gasteiger charge is -2.29. The number of hydrogen-bond donors (Lipinski definition) is 3. The molecule has 1 aliphatic rings. The Hall–Kier alpha value is -1.71. The van der Waals surface area contributed by atoms with Gasteiger partial charge in [-0.05, 0) is 54.8 Å². The second-order valence-electron chi connectivity index (χ2n) is 7.81. The normalized spacial score (nSPS) is 23.7. The second-order valence-corrected chi connectivity index (χ2v) is 9.82. The maximum atomic E-state index is 13.0. The zero-order valence-corrected chi connectivity index (χ0v) is 18.3. The van der Waals surface area contributed by atoms with E-state index < -0.39 is 27.5 Å². The minimum Gasteiger partial charge on any atom is -0.493 e. The molecule has 166 valence electrons. The summed E-state index contributed by atoms with van der Waals surface area (Å²) < 4.78 is 42.0. The van der Waals surface area contributed by atoms with Gasteiger partial charge in [-0.2, -0.15) is 0 Å². The average Bonchev–Trinajstić information content (AvgIpc) is 2.95. The molecule has 1 saturated carbocycles. The van der Waals surface area contributed by atoms with Crippen LogP contribution in [0.1, 0.15) is 18.4 Å². The zero-order chi connectivity index (χ0) is 21.1. The van der Waals surface area contributed by atoms with Crippen molar-refractivity contribution in [2.24, 2.45) is 5.41 Å². The van der Waals surface area contributed by atoms with E-state index in [9.17, 15) is 23.0 Å². The minimum absolute atomic E-state index is 0. The van der Waals surface area contributed by atoms with Gasteiger partial charge in [0.15, 0.2) is 9.84 Å². The molecule has 0 heterocycles. The summed E-state index contributed by atoms with van der Waals surface area (Å²) >= 11 is 0. The van der Waals surface area contributed by atoms with E-state index in [0.29, 0.717) is 31.7 Å². The smallest absolute Gasteiger partial charge is 0.175 e. The summed E-state index contributed by atoms with van der Waals surface area (Å²) in [6.07, 6.45) is 0.266. The quantitative estimate of drug-likeness (QED) is 0.560. The molecule has 9 heteroatoms. The molecule has 2 aromatic rings. The molecule has 0 amide bonds. The van der Waals surface area contributed by atoms with Crippen LogP contribution in [0.4, 0.5) is 4.39 Å². The van der Waals surface area contributed by atoms with Crippen molar-refractivity contribution in [1.29, 1.82) is 0 Å². The number of halogens is 2. The molecule has 3 N–H and O–H groups in total. The van der Waals surface area contributed by atoms with E-state index in [0.717, 1.165) is 11.8 Å². The van der Waals surface area contributed by atoms with Gasteiger partial charge in [-0.1, -0.05) is 12.1 Å². The maximum Gasteiger partial charge on any atom is 0.175 e. The van der Waals surface area contributed by atoms with Crippen molar-refractivity contribution in [2.45, 2.75) is 36.5 Å². The summed E-state index contributed by atoms with van der Waals surface area (Å²) in [5.41, 5.74) is 0.451. The lowest BCUT2D eigenvalue weighted by molar-refractivity contribution is 0.0438. The summed E-state index contributed by atoms with van der Waals surface area (Å²) in [4.78, 5) is 0.215. The second kappa shape index (κ2) is 10.1. The third-order valence-electron chi connectivity index (χ3n) is 5.27. The van der Waals surface area contributed by atoms with Crippen LogP contribution < -0.4 is 10.1 Å². The fraction of sp³-hybridized carbons (Fsp3) is 0.429. The molecule has 0 aromatic heterocycles. The molecular formula is C21H27ClFNO5S. The Morgan fingerprint density at radius 1 is 1.07 bits per heavy atom. The van der Waals surface area contributed by atoms with Crippen molar-refractivity contribution in [3.05, 3.63) is 59.9 Å². The van der Waals surface area contributed by atoms with E-state index in [1.165, 1.54) is 24.3 Å². The molecular weight excluding hydrogens is 433 g/mol. The van der Waals surface area contributed by atoms with E-state index in [2.05, 4.69) is 5.32 Å². The molecule has 0 bridgehead atoms. The lowest BCUT2D eigenvalue weighted by atomic mass is 9.86. The van der Waals surface area contributed by atoms with Gasteiger partial charge < -0.3 is 20.3 Å². The Morgan fingerprint density at radius 2 is 1.63 bits per heavy atom. The highest BCUT2D eigenvalue weighted by atomic mass is 35.5. The number of hydrogen-bond acceptors (Lipinski definition) is 6. The fourth-order valence-corrected chi connectivity index (χ4v) is 4.28. The zero-order valence-electron chi connectivity index (χ0n) is 16.6. The van der Waals surface area contributed by atoms with E-state index in [-0.39, 0.29) is 29.7 Å². The SMILES string of the molecule is CS(=O)(=O)c1ccc(OCC2(CNCc3ccc(F)cc3)C[C@@H](O)[C@@H](O)C2)cc1.Cl. The van der Waals surface area contributed by atoms with Gasteiger partial charge >= 0.3 is 0 Å². The third-order valence-corrected chi connectivity index (χ3v) is 6.40. The van der Waals surface area contributed by atoms with Gasteiger partial charge in [-0.25, -0.2) is 12.8 Å². The molecule has 1 aliphatic carbocycles. The van der Waals surface area contributed by atoms with Crippen LogP contribution in [-0.2, 0) is 16.4 Å². The van der Waals surface area contributed by atoms with Crippen LogP contribution >= 0.6 is 12.4 Å². The topological polar surface area (TPSA) is 95.9 Å². The molecule has 3 atom stereocenters. The van der Waals surface area contributed by atoms with Gasteiger partial charge in [0, 0.05) is 24.8 Å². The number of aliphatic hydroxyl groups excluding tert-OH is 2. The highest BCUT2D eigenvalue weighted by Crippen LogP contribution is 2.38. The first-order chi connectivity index (χ1) is 13.7. The van der Waals surface area contributed by atoms with Crippen LogP contribution in [0.25, 0.3) is 0 Å². The van der Waals surface area contributed by atoms with E-state index in [1.54, 1.807) is 24.3 Å². The molecule has 6 nitrogen and oxygen atoms in total. The summed E-state index contributed by atoms with van der Waals surface area (Å²) in [5.74, 6) is 0.230. The number of aliphatic hydroxyl groups is 2. The van der Waals surface area contributed by atoms with Crippen molar-refractivity contribution in [3.63, 3.8) is 0 Å². The number of rotatable bonds is 8. The largest absolute Gasteiger partial charge is 0.493 e. The highest BCUT2D eigenvalue weighted by Gasteiger charge is 2.44. The van der Waals surface area contributed by atoms with Crippen LogP contribution in [0.5, 0.6) is 5.75 Å². The standard InChI is InChI=1S/C21H26FNO5S.ClH/c1-29(26,27)18-8-6-17(7-9-18)28-14-21(10-19(24)20(25)11-21)13-23-12-15-2-4-16(22)5-3-15;/h2-9,19-20,23-25H,10-14H2,1H3;1H/t19-,20+,21?;. The highest BCUT2D eigenvalue weighted by molar-refractivity contribution is 7.90. The number of benzene rings is 2. The molecule has 2 aromatic carbocycles. The first-order valence-corrected chi connectivity index (χ1v) is 11.3. The van der Waals surface area contributed by atoms with E-state index >= 15 is 0 Å². The van der Waals surface area contributed by atoms with Gasteiger partial charge in [0.2, 0.25) is 0 Å². The summed E-state index contributed by atoms with van der Waals surface area (Å²) in [6, 6.07) is 12.4. The van der Waals surface area contributed by atoms with Crippen LogP contribution in [0.2, 0.25) is 0 Å². The summed E-state index contributed by atoms with van der Waals surface area (Å²) in [7, 11) is -3.27. The van der Waals surface area contributed by atoms with Crippen molar-refractivity contribution in [2.75, 3.05) is 19.4 Å². The third kappa shape index (κ3) is 6.39. The summed E-state index contributed by atoms with van der Waals surface area (Å²) in [6.45, 7) is 1.28. The van der Waals surface area contributed by atoms with Gasteiger partial charge in [-0.15, -0.1) is 12.4 Å². The summed E-state index contributed by atoms with van der Waals surface area (Å²) in [5, 5.41) is 23.4. The van der Waals surface area contributed by atoms with Crippen molar-refractivity contribution >= 4 is 22.2 Å². The maximum absolute atomic E-state index is 13.0. The molecule has 1 fully saturated rings. The van der Waals surface area contributed by atoms with Crippen LogP contribution in [0.3, 0.4) is 0 Å². The van der Waals surface area contributed by atoms with Gasteiger partial charge in [0.05, 0.1) is 23.7 Å². The van der Waals surface area contributed by atoms with Crippen molar-refractivity contribution in [1.82, 2.24) is 5.32 Å². The van der Waals surface area contributed by atoms with Crippen molar-refractivity contribution < 1.29 is 27.8 Å². The predicted octanol–water partition coefficient (Wildman–Crippen LogP) is 2.32. The van der Waals surface area contributed by atoms with Gasteiger partial charge in [0.25, 0.3) is 0 Å². The Bertz CT molecular complexity index is 911. The molecule has 0 radical (unpaired) electrons. The van der Waals surface area contributed by atoms with E-state index in [1.807, 2.05) is 0 Å². The first kappa shape index (κ1) is 24.6. The molecule has 3 rings (SSSR count). The van der Waals surface area contributed by atoms with Crippen molar-refractivity contribution in [3.8, 4) is 5.75 Å². The monoisotopic (exact) mass is 459 g/mol. The van der Waals surface area contributed by atoms with E-state index in [4.69, 9.17) is 4.74 Å².